The lowest BCUT2D eigenvalue weighted by atomic mass is 10.1. The topological polar surface area (TPSA) is 42.1 Å². The molecule has 1 aliphatic heterocycles. The molecule has 2 N–H and O–H groups in total. The molecular weight excluding hydrogens is 242 g/mol. The van der Waals surface area contributed by atoms with E-state index in [1.165, 1.54) is 17.2 Å². The number of fused-ring (bicyclic) bond motifs is 1. The summed E-state index contributed by atoms with van der Waals surface area (Å²) in [5.41, 5.74) is 9.07. The van der Waals surface area contributed by atoms with Crippen LogP contribution in [-0.4, -0.2) is 29.1 Å². The number of nitrogens with zero attached hydrogens (tertiary/aromatic N) is 2. The highest BCUT2D eigenvalue weighted by molar-refractivity contribution is 7.99. The zero-order valence-electron chi connectivity index (χ0n) is 10.5. The highest BCUT2D eigenvalue weighted by Crippen LogP contribution is 2.32. The first-order chi connectivity index (χ1) is 8.77. The monoisotopic (exact) mass is 259 g/mol. The van der Waals surface area contributed by atoms with Gasteiger partial charge in [-0.1, -0.05) is 0 Å². The summed E-state index contributed by atoms with van der Waals surface area (Å²) in [6.45, 7) is 3.36. The molecule has 0 saturated carbocycles. The van der Waals surface area contributed by atoms with Gasteiger partial charge in [-0.3, -0.25) is 4.98 Å². The van der Waals surface area contributed by atoms with Crippen LogP contribution in [0.2, 0.25) is 0 Å². The average Bonchev–Trinajstić information content (AvgIpc) is 2.41. The molecule has 1 aliphatic rings. The van der Waals surface area contributed by atoms with E-state index in [4.69, 9.17) is 5.73 Å². The zero-order chi connectivity index (χ0) is 12.5. The van der Waals surface area contributed by atoms with E-state index >= 15 is 0 Å². The normalized spacial score (nSPS) is 20.3. The SMILES string of the molecule is CC1CSCCN1c1ccc(N)c2cccnc12. The van der Waals surface area contributed by atoms with Gasteiger partial charge in [-0.25, -0.2) is 0 Å². The van der Waals surface area contributed by atoms with Crippen molar-refractivity contribution in [3.05, 3.63) is 30.5 Å². The standard InChI is InChI=1S/C14H17N3S/c1-10-9-18-8-7-17(10)13-5-4-12(15)11-3-2-6-16-14(11)13/h2-6,10H,7-9,15H2,1H3. The van der Waals surface area contributed by atoms with Crippen molar-refractivity contribution in [3.63, 3.8) is 0 Å². The molecule has 1 fully saturated rings. The molecule has 0 spiro atoms. The summed E-state index contributed by atoms with van der Waals surface area (Å²) < 4.78 is 0. The average molecular weight is 259 g/mol. The fourth-order valence-electron chi connectivity index (χ4n) is 2.50. The molecule has 3 rings (SSSR count). The van der Waals surface area contributed by atoms with Crippen LogP contribution in [0.4, 0.5) is 11.4 Å². The Hall–Kier alpha value is -1.42. The highest BCUT2D eigenvalue weighted by atomic mass is 32.2. The minimum atomic E-state index is 0.553. The third-order valence-corrected chi connectivity index (χ3v) is 4.65. The molecule has 94 valence electrons. The number of nitrogen functional groups attached to an aromatic ring is 1. The largest absolute Gasteiger partial charge is 0.398 e. The lowest BCUT2D eigenvalue weighted by molar-refractivity contribution is 0.702. The lowest BCUT2D eigenvalue weighted by Gasteiger charge is -2.35. The lowest BCUT2D eigenvalue weighted by Crippen LogP contribution is -2.40. The summed E-state index contributed by atoms with van der Waals surface area (Å²) >= 11 is 2.02. The molecule has 1 aromatic carbocycles. The molecule has 1 atom stereocenters. The minimum absolute atomic E-state index is 0.553. The molecule has 1 aromatic heterocycles. The predicted molar refractivity (Wildman–Crippen MR) is 80.3 cm³/mol. The molecule has 3 nitrogen and oxygen atoms in total. The van der Waals surface area contributed by atoms with Crippen LogP contribution < -0.4 is 10.6 Å². The van der Waals surface area contributed by atoms with Gasteiger partial charge in [0, 0.05) is 41.4 Å². The smallest absolute Gasteiger partial charge is 0.0956 e. The van der Waals surface area contributed by atoms with Gasteiger partial charge >= 0.3 is 0 Å². The molecule has 18 heavy (non-hydrogen) atoms. The minimum Gasteiger partial charge on any atom is -0.398 e. The number of pyridine rings is 1. The quantitative estimate of drug-likeness (QED) is 0.800. The van der Waals surface area contributed by atoms with Crippen molar-refractivity contribution in [1.82, 2.24) is 4.98 Å². The number of hydrogen-bond acceptors (Lipinski definition) is 4. The number of thioether (sulfide) groups is 1. The molecule has 0 aliphatic carbocycles. The van der Waals surface area contributed by atoms with E-state index < -0.39 is 0 Å². The van der Waals surface area contributed by atoms with Crippen molar-refractivity contribution in [3.8, 4) is 0 Å². The third-order valence-electron chi connectivity index (χ3n) is 3.46. The maximum Gasteiger partial charge on any atom is 0.0956 e. The second kappa shape index (κ2) is 4.69. The molecule has 0 bridgehead atoms. The van der Waals surface area contributed by atoms with Crippen molar-refractivity contribution < 1.29 is 0 Å². The second-order valence-corrected chi connectivity index (χ2v) is 5.84. The van der Waals surface area contributed by atoms with E-state index in [-0.39, 0.29) is 0 Å². The Bertz CT molecular complexity index is 570. The molecule has 1 saturated heterocycles. The van der Waals surface area contributed by atoms with Crippen LogP contribution in [0.5, 0.6) is 0 Å². The van der Waals surface area contributed by atoms with Gasteiger partial charge in [-0.15, -0.1) is 0 Å². The molecular formula is C14H17N3S. The summed E-state index contributed by atoms with van der Waals surface area (Å²) in [7, 11) is 0. The molecule has 0 radical (unpaired) electrons. The summed E-state index contributed by atoms with van der Waals surface area (Å²) in [5, 5.41) is 1.06. The first-order valence-electron chi connectivity index (χ1n) is 6.25. The molecule has 2 heterocycles. The van der Waals surface area contributed by atoms with Crippen molar-refractivity contribution in [2.45, 2.75) is 13.0 Å². The van der Waals surface area contributed by atoms with Crippen LogP contribution in [0.25, 0.3) is 10.9 Å². The maximum atomic E-state index is 6.03. The highest BCUT2D eigenvalue weighted by Gasteiger charge is 2.21. The van der Waals surface area contributed by atoms with Gasteiger partial charge < -0.3 is 10.6 Å². The molecule has 0 amide bonds. The molecule has 2 aromatic rings. The number of anilines is 2. The Morgan fingerprint density at radius 1 is 1.39 bits per heavy atom. The fraction of sp³-hybridized carbons (Fsp3) is 0.357. The van der Waals surface area contributed by atoms with Gasteiger partial charge in [0.2, 0.25) is 0 Å². The van der Waals surface area contributed by atoms with Crippen molar-refractivity contribution in [1.29, 1.82) is 0 Å². The van der Waals surface area contributed by atoms with Crippen LogP contribution in [0.3, 0.4) is 0 Å². The van der Waals surface area contributed by atoms with Gasteiger partial charge in [0.25, 0.3) is 0 Å². The number of rotatable bonds is 1. The van der Waals surface area contributed by atoms with E-state index in [2.05, 4.69) is 22.9 Å². The van der Waals surface area contributed by atoms with E-state index in [1.54, 1.807) is 0 Å². The van der Waals surface area contributed by atoms with Crippen molar-refractivity contribution >= 4 is 34.0 Å². The van der Waals surface area contributed by atoms with E-state index in [0.717, 1.165) is 23.1 Å². The fourth-order valence-corrected chi connectivity index (χ4v) is 3.51. The molecule has 1 unspecified atom stereocenters. The van der Waals surface area contributed by atoms with Crippen molar-refractivity contribution in [2.24, 2.45) is 0 Å². The maximum absolute atomic E-state index is 6.03. The first-order valence-corrected chi connectivity index (χ1v) is 7.40. The summed E-state index contributed by atoms with van der Waals surface area (Å²) in [6.07, 6.45) is 1.84. The van der Waals surface area contributed by atoms with Crippen LogP contribution in [-0.2, 0) is 0 Å². The third kappa shape index (κ3) is 1.90. The van der Waals surface area contributed by atoms with Crippen LogP contribution in [0.1, 0.15) is 6.92 Å². The second-order valence-electron chi connectivity index (χ2n) is 4.69. The Morgan fingerprint density at radius 3 is 3.11 bits per heavy atom. The Balaban J connectivity index is 2.14. The first kappa shape index (κ1) is 11.7. The number of aromatic nitrogens is 1. The molecule has 4 heteroatoms. The van der Waals surface area contributed by atoms with E-state index in [9.17, 15) is 0 Å². The van der Waals surface area contributed by atoms with Crippen LogP contribution in [0.15, 0.2) is 30.5 Å². The van der Waals surface area contributed by atoms with Crippen LogP contribution >= 0.6 is 11.8 Å². The number of benzene rings is 1. The van der Waals surface area contributed by atoms with Gasteiger partial charge in [-0.2, -0.15) is 11.8 Å². The summed E-state index contributed by atoms with van der Waals surface area (Å²) in [4.78, 5) is 6.97. The van der Waals surface area contributed by atoms with Gasteiger partial charge in [0.1, 0.15) is 0 Å². The van der Waals surface area contributed by atoms with Gasteiger partial charge in [0.05, 0.1) is 11.2 Å². The predicted octanol–water partition coefficient (Wildman–Crippen LogP) is 2.76. The van der Waals surface area contributed by atoms with Crippen LogP contribution in [0, 0.1) is 0 Å². The number of hydrogen-bond donors (Lipinski definition) is 1. The van der Waals surface area contributed by atoms with Crippen molar-refractivity contribution in [2.75, 3.05) is 28.7 Å². The van der Waals surface area contributed by atoms with E-state index in [0.29, 0.717) is 6.04 Å². The summed E-state index contributed by atoms with van der Waals surface area (Å²) in [5.74, 6) is 2.36. The Labute approximate surface area is 111 Å². The number of nitrogens with two attached hydrogens (primary N) is 1. The van der Waals surface area contributed by atoms with E-state index in [1.807, 2.05) is 36.2 Å². The van der Waals surface area contributed by atoms with Gasteiger partial charge in [-0.05, 0) is 31.2 Å². The van der Waals surface area contributed by atoms with Gasteiger partial charge in [0.15, 0.2) is 0 Å². The Kier molecular flexibility index (Phi) is 3.04. The Morgan fingerprint density at radius 2 is 2.28 bits per heavy atom. The zero-order valence-corrected chi connectivity index (χ0v) is 11.3. The summed E-state index contributed by atoms with van der Waals surface area (Å²) in [6, 6.07) is 8.64.